The van der Waals surface area contributed by atoms with Crippen LogP contribution in [0.25, 0.3) is 0 Å². The van der Waals surface area contributed by atoms with Crippen molar-refractivity contribution in [2.24, 2.45) is 7.05 Å². The molecule has 0 atom stereocenters. The molecule has 0 aromatic carbocycles. The van der Waals surface area contributed by atoms with E-state index in [1.165, 1.54) is 18.7 Å². The Bertz CT molecular complexity index is 386. The lowest BCUT2D eigenvalue weighted by Gasteiger charge is -1.97. The first kappa shape index (κ1) is 15.1. The zero-order valence-electron chi connectivity index (χ0n) is 9.75. The third kappa shape index (κ3) is 7.38. The quantitative estimate of drug-likeness (QED) is 0.812. The molecule has 0 saturated carbocycles. The summed E-state index contributed by atoms with van der Waals surface area (Å²) in [6.45, 7) is 2.20. The molecule has 0 aliphatic carbocycles. The molecule has 0 aliphatic rings. The fraction of sp³-hybridized carbons (Fsp3) is 0.667. The van der Waals surface area contributed by atoms with Crippen LogP contribution in [0.2, 0.25) is 0 Å². The first-order chi connectivity index (χ1) is 7.40. The number of hydrogen-bond acceptors (Lipinski definition) is 4. The molecule has 6 nitrogen and oxygen atoms in total. The Labute approximate surface area is 96.2 Å². The summed E-state index contributed by atoms with van der Waals surface area (Å²) in [5, 5.41) is 0. The molecular formula is C9H18N2O4S. The number of nitrogens with zero attached hydrogens (tertiary/aromatic N) is 2. The van der Waals surface area contributed by atoms with Gasteiger partial charge in [-0.2, -0.15) is 8.42 Å². The minimum atomic E-state index is -4.16. The molecular weight excluding hydrogens is 232 g/mol. The van der Waals surface area contributed by atoms with Crippen LogP contribution < -0.4 is 0 Å². The van der Waals surface area contributed by atoms with Crippen molar-refractivity contribution in [1.29, 1.82) is 0 Å². The van der Waals surface area contributed by atoms with Gasteiger partial charge in [0, 0.05) is 25.9 Å². The Morgan fingerprint density at radius 2 is 2.12 bits per heavy atom. The number of aryl methyl sites for hydroxylation is 2. The fourth-order valence-corrected chi connectivity index (χ4v) is 0.972. The van der Waals surface area contributed by atoms with Gasteiger partial charge in [0.1, 0.15) is 5.82 Å². The average Bonchev–Trinajstić information content (AvgIpc) is 2.61. The highest BCUT2D eigenvalue weighted by atomic mass is 32.3. The van der Waals surface area contributed by atoms with Crippen LogP contribution in [0.4, 0.5) is 0 Å². The van der Waals surface area contributed by atoms with E-state index < -0.39 is 10.4 Å². The number of imidazole rings is 1. The van der Waals surface area contributed by atoms with E-state index in [4.69, 9.17) is 4.55 Å². The van der Waals surface area contributed by atoms with Gasteiger partial charge in [0.05, 0.1) is 7.11 Å². The van der Waals surface area contributed by atoms with Crippen molar-refractivity contribution in [3.05, 3.63) is 18.2 Å². The van der Waals surface area contributed by atoms with E-state index in [-0.39, 0.29) is 0 Å². The van der Waals surface area contributed by atoms with E-state index in [2.05, 4.69) is 20.7 Å². The summed E-state index contributed by atoms with van der Waals surface area (Å²) >= 11 is 0. The van der Waals surface area contributed by atoms with Gasteiger partial charge < -0.3 is 4.57 Å². The van der Waals surface area contributed by atoms with Gasteiger partial charge in [0.2, 0.25) is 0 Å². The molecule has 0 spiro atoms. The molecule has 94 valence electrons. The molecule has 7 heteroatoms. The van der Waals surface area contributed by atoms with Crippen molar-refractivity contribution in [3.63, 3.8) is 0 Å². The predicted molar refractivity (Wildman–Crippen MR) is 60.4 cm³/mol. The maximum absolute atomic E-state index is 9.33. The Morgan fingerprint density at radius 1 is 1.56 bits per heavy atom. The molecule has 0 fully saturated rings. The SMILES string of the molecule is CCCCc1nccn1C.COS(=O)(=O)O. The average molecular weight is 250 g/mol. The highest BCUT2D eigenvalue weighted by molar-refractivity contribution is 7.80. The normalized spacial score (nSPS) is 10.8. The van der Waals surface area contributed by atoms with E-state index in [1.54, 1.807) is 0 Å². The Balaban J connectivity index is 0.000000325. The standard InChI is InChI=1S/C8H14N2.CH4O4S/c1-3-4-5-8-9-6-7-10(8)2;1-5-6(2,3)4/h6-7H,3-5H2,1-2H3;1H3,(H,2,3,4). The van der Waals surface area contributed by atoms with Crippen LogP contribution in [0.1, 0.15) is 25.6 Å². The molecule has 0 unspecified atom stereocenters. The van der Waals surface area contributed by atoms with Gasteiger partial charge in [0.15, 0.2) is 0 Å². The smallest absolute Gasteiger partial charge is 0.338 e. The fourth-order valence-electron chi connectivity index (χ4n) is 0.972. The van der Waals surface area contributed by atoms with Crippen LogP contribution in [0.15, 0.2) is 12.4 Å². The van der Waals surface area contributed by atoms with Gasteiger partial charge >= 0.3 is 10.4 Å². The topological polar surface area (TPSA) is 81.4 Å². The van der Waals surface area contributed by atoms with Crippen LogP contribution >= 0.6 is 0 Å². The first-order valence-corrected chi connectivity index (χ1v) is 6.26. The molecule has 0 bridgehead atoms. The molecule has 1 rings (SSSR count). The summed E-state index contributed by atoms with van der Waals surface area (Å²) in [7, 11) is -1.25. The molecule has 0 saturated heterocycles. The van der Waals surface area contributed by atoms with Crippen molar-refractivity contribution in [2.45, 2.75) is 26.2 Å². The van der Waals surface area contributed by atoms with E-state index in [0.29, 0.717) is 0 Å². The first-order valence-electron chi connectivity index (χ1n) is 4.90. The minimum Gasteiger partial charge on any atom is -0.338 e. The molecule has 0 amide bonds. The summed E-state index contributed by atoms with van der Waals surface area (Å²) in [6, 6.07) is 0. The molecule has 1 aromatic rings. The van der Waals surface area contributed by atoms with Crippen LogP contribution in [-0.4, -0.2) is 29.6 Å². The van der Waals surface area contributed by atoms with Crippen molar-refractivity contribution < 1.29 is 17.2 Å². The third-order valence-electron chi connectivity index (χ3n) is 1.89. The molecule has 1 aromatic heterocycles. The second-order valence-electron chi connectivity index (χ2n) is 3.15. The maximum Gasteiger partial charge on any atom is 0.397 e. The predicted octanol–water partition coefficient (Wildman–Crippen LogP) is 1.20. The van der Waals surface area contributed by atoms with Crippen LogP contribution in [-0.2, 0) is 28.1 Å². The Morgan fingerprint density at radius 3 is 2.44 bits per heavy atom. The monoisotopic (exact) mass is 250 g/mol. The third-order valence-corrected chi connectivity index (χ3v) is 2.31. The number of hydrogen-bond donors (Lipinski definition) is 1. The molecule has 1 N–H and O–H groups in total. The van der Waals surface area contributed by atoms with E-state index in [9.17, 15) is 8.42 Å². The van der Waals surface area contributed by atoms with E-state index >= 15 is 0 Å². The summed E-state index contributed by atoms with van der Waals surface area (Å²) < 4.78 is 31.8. The van der Waals surface area contributed by atoms with Crippen LogP contribution in [0, 0.1) is 0 Å². The lowest BCUT2D eigenvalue weighted by Crippen LogP contribution is -1.96. The number of aromatic nitrogens is 2. The van der Waals surface area contributed by atoms with Crippen molar-refractivity contribution in [3.8, 4) is 0 Å². The summed E-state index contributed by atoms with van der Waals surface area (Å²) in [6.07, 6.45) is 7.44. The second-order valence-corrected chi connectivity index (χ2v) is 4.34. The zero-order chi connectivity index (χ0) is 12.6. The second kappa shape index (κ2) is 7.37. The van der Waals surface area contributed by atoms with Crippen molar-refractivity contribution in [2.75, 3.05) is 7.11 Å². The Kier molecular flexibility index (Phi) is 6.95. The van der Waals surface area contributed by atoms with Gasteiger partial charge in [-0.05, 0) is 6.42 Å². The highest BCUT2D eigenvalue weighted by Crippen LogP contribution is 2.00. The van der Waals surface area contributed by atoms with Gasteiger partial charge in [-0.3, -0.25) is 8.74 Å². The molecule has 0 radical (unpaired) electrons. The largest absolute Gasteiger partial charge is 0.397 e. The van der Waals surface area contributed by atoms with Crippen LogP contribution in [0.3, 0.4) is 0 Å². The maximum atomic E-state index is 9.33. The number of unbranched alkanes of at least 4 members (excludes halogenated alkanes) is 1. The van der Waals surface area contributed by atoms with Crippen molar-refractivity contribution in [1.82, 2.24) is 9.55 Å². The Hall–Kier alpha value is -0.920. The number of rotatable bonds is 4. The van der Waals surface area contributed by atoms with Gasteiger partial charge in [-0.1, -0.05) is 13.3 Å². The van der Waals surface area contributed by atoms with Gasteiger partial charge in [-0.15, -0.1) is 0 Å². The zero-order valence-corrected chi connectivity index (χ0v) is 10.6. The van der Waals surface area contributed by atoms with E-state index in [1.807, 2.05) is 19.4 Å². The summed E-state index contributed by atoms with van der Waals surface area (Å²) in [5.41, 5.74) is 0. The lowest BCUT2D eigenvalue weighted by molar-refractivity contribution is 0.324. The van der Waals surface area contributed by atoms with Gasteiger partial charge in [-0.25, -0.2) is 4.98 Å². The highest BCUT2D eigenvalue weighted by Gasteiger charge is 1.95. The van der Waals surface area contributed by atoms with Crippen molar-refractivity contribution >= 4 is 10.4 Å². The van der Waals surface area contributed by atoms with E-state index in [0.717, 1.165) is 13.5 Å². The van der Waals surface area contributed by atoms with Crippen LogP contribution in [0.5, 0.6) is 0 Å². The molecule has 16 heavy (non-hydrogen) atoms. The van der Waals surface area contributed by atoms with Gasteiger partial charge in [0.25, 0.3) is 0 Å². The molecule has 0 aliphatic heterocycles. The minimum absolute atomic E-state index is 0.870. The molecule has 1 heterocycles. The summed E-state index contributed by atoms with van der Waals surface area (Å²) in [5.74, 6) is 1.20. The lowest BCUT2D eigenvalue weighted by atomic mass is 10.2. The summed E-state index contributed by atoms with van der Waals surface area (Å²) in [4.78, 5) is 4.22.